The van der Waals surface area contributed by atoms with E-state index in [4.69, 9.17) is 10.5 Å². The van der Waals surface area contributed by atoms with Crippen molar-refractivity contribution >= 4 is 0 Å². The third kappa shape index (κ3) is 2.54. The molecule has 2 heteroatoms. The maximum absolute atomic E-state index is 6.28. The van der Waals surface area contributed by atoms with Gasteiger partial charge in [0, 0.05) is 6.04 Å². The van der Waals surface area contributed by atoms with Crippen molar-refractivity contribution in [1.29, 1.82) is 0 Å². The van der Waals surface area contributed by atoms with Gasteiger partial charge in [-0.2, -0.15) is 0 Å². The first-order valence-electron chi connectivity index (χ1n) is 6.55. The first kappa shape index (κ1) is 11.4. The molecule has 2 fully saturated rings. The van der Waals surface area contributed by atoms with E-state index in [2.05, 4.69) is 13.8 Å². The molecule has 1 aliphatic heterocycles. The summed E-state index contributed by atoms with van der Waals surface area (Å²) in [7, 11) is 0. The third-order valence-electron chi connectivity index (χ3n) is 4.39. The van der Waals surface area contributed by atoms with Gasteiger partial charge in [0.15, 0.2) is 0 Å². The van der Waals surface area contributed by atoms with Crippen LogP contribution in [0.2, 0.25) is 0 Å². The van der Waals surface area contributed by atoms with Gasteiger partial charge in [0.05, 0.1) is 11.7 Å². The zero-order chi connectivity index (χ0) is 10.9. The highest BCUT2D eigenvalue weighted by Crippen LogP contribution is 2.44. The molecule has 0 bridgehead atoms. The fraction of sp³-hybridized carbons (Fsp3) is 1.00. The molecule has 2 rings (SSSR count). The second-order valence-corrected chi connectivity index (χ2v) is 5.74. The zero-order valence-corrected chi connectivity index (χ0v) is 10.2. The Bertz CT molecular complexity index is 209. The molecule has 1 spiro atoms. The van der Waals surface area contributed by atoms with Gasteiger partial charge >= 0.3 is 0 Å². The summed E-state index contributed by atoms with van der Waals surface area (Å²) in [4.78, 5) is 0. The van der Waals surface area contributed by atoms with E-state index in [0.717, 1.165) is 6.42 Å². The first-order chi connectivity index (χ1) is 7.11. The molecule has 1 saturated heterocycles. The van der Waals surface area contributed by atoms with Crippen LogP contribution in [-0.4, -0.2) is 17.7 Å². The van der Waals surface area contributed by atoms with Crippen LogP contribution in [0, 0.1) is 5.92 Å². The number of nitrogens with two attached hydrogens (primary N) is 1. The second kappa shape index (κ2) is 4.42. The van der Waals surface area contributed by atoms with E-state index in [1.165, 1.54) is 38.5 Å². The standard InChI is InChI=1S/C13H25NO/c1-10(11(2)14)9-12-5-8-13(15-12)6-3-4-7-13/h10-12H,3-9,14H2,1-2H3. The summed E-state index contributed by atoms with van der Waals surface area (Å²) in [6.07, 6.45) is 9.54. The summed E-state index contributed by atoms with van der Waals surface area (Å²) in [6.45, 7) is 4.35. The van der Waals surface area contributed by atoms with E-state index in [0.29, 0.717) is 23.7 Å². The van der Waals surface area contributed by atoms with Crippen molar-refractivity contribution in [3.63, 3.8) is 0 Å². The van der Waals surface area contributed by atoms with Crippen LogP contribution in [0.25, 0.3) is 0 Å². The summed E-state index contributed by atoms with van der Waals surface area (Å²) in [5, 5.41) is 0. The highest BCUT2D eigenvalue weighted by Gasteiger charge is 2.42. The van der Waals surface area contributed by atoms with Gasteiger partial charge in [-0.1, -0.05) is 19.8 Å². The summed E-state index contributed by atoms with van der Waals surface area (Å²) < 4.78 is 6.28. The van der Waals surface area contributed by atoms with E-state index in [1.54, 1.807) is 0 Å². The predicted molar refractivity (Wildman–Crippen MR) is 62.7 cm³/mol. The lowest BCUT2D eigenvalue weighted by atomic mass is 9.94. The van der Waals surface area contributed by atoms with E-state index in [-0.39, 0.29) is 0 Å². The molecule has 1 heterocycles. The maximum atomic E-state index is 6.28. The molecule has 3 unspecified atom stereocenters. The minimum absolute atomic E-state index is 0.294. The van der Waals surface area contributed by atoms with E-state index < -0.39 is 0 Å². The van der Waals surface area contributed by atoms with Crippen LogP contribution >= 0.6 is 0 Å². The van der Waals surface area contributed by atoms with Crippen LogP contribution in [0.4, 0.5) is 0 Å². The summed E-state index contributed by atoms with van der Waals surface area (Å²) in [6, 6.07) is 0.300. The van der Waals surface area contributed by atoms with Gasteiger partial charge in [-0.25, -0.2) is 0 Å². The molecule has 0 aromatic rings. The second-order valence-electron chi connectivity index (χ2n) is 5.74. The highest BCUT2D eigenvalue weighted by atomic mass is 16.5. The average molecular weight is 211 g/mol. The SMILES string of the molecule is CC(N)C(C)CC1CCC2(CCCC2)O1. The summed E-state index contributed by atoms with van der Waals surface area (Å²) in [5.41, 5.74) is 6.20. The minimum atomic E-state index is 0.294. The van der Waals surface area contributed by atoms with Gasteiger partial charge in [0.2, 0.25) is 0 Å². The van der Waals surface area contributed by atoms with E-state index >= 15 is 0 Å². The lowest BCUT2D eigenvalue weighted by Crippen LogP contribution is -2.30. The Balaban J connectivity index is 1.82. The van der Waals surface area contributed by atoms with Crippen molar-refractivity contribution in [2.24, 2.45) is 11.7 Å². The molecule has 0 radical (unpaired) electrons. The minimum Gasteiger partial charge on any atom is -0.372 e. The largest absolute Gasteiger partial charge is 0.372 e. The average Bonchev–Trinajstić information content (AvgIpc) is 2.78. The molecule has 0 aromatic carbocycles. The fourth-order valence-electron chi connectivity index (χ4n) is 3.08. The highest BCUT2D eigenvalue weighted by molar-refractivity contribution is 4.93. The molecule has 3 atom stereocenters. The van der Waals surface area contributed by atoms with Crippen molar-refractivity contribution in [1.82, 2.24) is 0 Å². The summed E-state index contributed by atoms with van der Waals surface area (Å²) in [5.74, 6) is 0.589. The molecule has 1 saturated carbocycles. The van der Waals surface area contributed by atoms with E-state index in [9.17, 15) is 0 Å². The van der Waals surface area contributed by atoms with Crippen molar-refractivity contribution in [2.45, 2.75) is 76.5 Å². The molecular weight excluding hydrogens is 186 g/mol. The van der Waals surface area contributed by atoms with E-state index in [1.807, 2.05) is 0 Å². The lowest BCUT2D eigenvalue weighted by Gasteiger charge is -2.25. The lowest BCUT2D eigenvalue weighted by molar-refractivity contribution is -0.0442. The molecule has 2 N–H and O–H groups in total. The quantitative estimate of drug-likeness (QED) is 0.779. The number of rotatable bonds is 3. The molecule has 2 aliphatic rings. The van der Waals surface area contributed by atoms with Crippen molar-refractivity contribution in [3.05, 3.63) is 0 Å². The Morgan fingerprint density at radius 1 is 1.27 bits per heavy atom. The first-order valence-corrected chi connectivity index (χ1v) is 6.55. The molecule has 0 aromatic heterocycles. The number of ether oxygens (including phenoxy) is 1. The summed E-state index contributed by atoms with van der Waals surface area (Å²) >= 11 is 0. The van der Waals surface area contributed by atoms with Crippen molar-refractivity contribution in [3.8, 4) is 0 Å². The van der Waals surface area contributed by atoms with Crippen LogP contribution in [0.1, 0.15) is 58.8 Å². The Morgan fingerprint density at radius 2 is 1.93 bits per heavy atom. The van der Waals surface area contributed by atoms with Crippen molar-refractivity contribution < 1.29 is 4.74 Å². The van der Waals surface area contributed by atoms with Crippen molar-refractivity contribution in [2.75, 3.05) is 0 Å². The fourth-order valence-corrected chi connectivity index (χ4v) is 3.08. The predicted octanol–water partition coefficient (Wildman–Crippen LogP) is 2.85. The number of hydrogen-bond acceptors (Lipinski definition) is 2. The molecule has 0 amide bonds. The zero-order valence-electron chi connectivity index (χ0n) is 10.2. The Morgan fingerprint density at radius 3 is 2.53 bits per heavy atom. The van der Waals surface area contributed by atoms with Gasteiger partial charge < -0.3 is 10.5 Å². The maximum Gasteiger partial charge on any atom is 0.0687 e. The normalized spacial score (nSPS) is 33.4. The molecular formula is C13H25NO. The Kier molecular flexibility index (Phi) is 3.36. The molecule has 15 heavy (non-hydrogen) atoms. The molecule has 2 nitrogen and oxygen atoms in total. The van der Waals surface area contributed by atoms with Crippen LogP contribution in [0.3, 0.4) is 0 Å². The van der Waals surface area contributed by atoms with Gasteiger partial charge in [-0.3, -0.25) is 0 Å². The van der Waals surface area contributed by atoms with Gasteiger partial charge in [-0.15, -0.1) is 0 Å². The Hall–Kier alpha value is -0.0800. The molecule has 1 aliphatic carbocycles. The van der Waals surface area contributed by atoms with Crippen LogP contribution in [0.5, 0.6) is 0 Å². The topological polar surface area (TPSA) is 35.2 Å². The molecule has 88 valence electrons. The van der Waals surface area contributed by atoms with Crippen LogP contribution in [0.15, 0.2) is 0 Å². The van der Waals surface area contributed by atoms with Gasteiger partial charge in [0.1, 0.15) is 0 Å². The van der Waals surface area contributed by atoms with Gasteiger partial charge in [0.25, 0.3) is 0 Å². The number of hydrogen-bond donors (Lipinski definition) is 1. The monoisotopic (exact) mass is 211 g/mol. The third-order valence-corrected chi connectivity index (χ3v) is 4.39. The Labute approximate surface area is 93.6 Å². The van der Waals surface area contributed by atoms with Gasteiger partial charge in [-0.05, 0) is 44.9 Å². The smallest absolute Gasteiger partial charge is 0.0687 e. The van der Waals surface area contributed by atoms with Crippen LogP contribution in [-0.2, 0) is 4.74 Å². The van der Waals surface area contributed by atoms with Crippen LogP contribution < -0.4 is 5.73 Å².